The highest BCUT2D eigenvalue weighted by Crippen LogP contribution is 2.30. The van der Waals surface area contributed by atoms with E-state index in [2.05, 4.69) is 72.7 Å². The third-order valence-corrected chi connectivity index (χ3v) is 4.96. The molecule has 0 saturated heterocycles. The molecule has 4 rings (SSSR count). The first kappa shape index (κ1) is 18.6. The van der Waals surface area contributed by atoms with Gasteiger partial charge in [0.1, 0.15) is 0 Å². The fourth-order valence-electron chi connectivity index (χ4n) is 3.59. The topological polar surface area (TPSA) is 61.6 Å². The largest absolute Gasteiger partial charge is 0.355 e. The number of nitriles is 1. The standard InChI is InChI=1S/C25H22N4/c1-16-12-17(2)25-23(13-16)24(14-18(3)28-25)29-22-8-4-19(5-9-22)20-6-7-21(10-11-26)27-15-20/h4-9,12-15H,10H2,1-3H3,(H,28,29). The number of aryl methyl sites for hydroxylation is 3. The van der Waals surface area contributed by atoms with Crippen LogP contribution in [0.2, 0.25) is 0 Å². The van der Waals surface area contributed by atoms with E-state index in [1.807, 2.05) is 25.3 Å². The molecule has 142 valence electrons. The van der Waals surface area contributed by atoms with Crippen molar-refractivity contribution in [2.24, 2.45) is 0 Å². The molecule has 0 unspecified atom stereocenters. The predicted octanol–water partition coefficient (Wildman–Crippen LogP) is 6.03. The molecule has 4 heteroatoms. The van der Waals surface area contributed by atoms with E-state index in [0.29, 0.717) is 6.42 Å². The van der Waals surface area contributed by atoms with Gasteiger partial charge in [0, 0.05) is 34.2 Å². The van der Waals surface area contributed by atoms with E-state index in [9.17, 15) is 0 Å². The molecule has 0 atom stereocenters. The van der Waals surface area contributed by atoms with Gasteiger partial charge in [-0.3, -0.25) is 9.97 Å². The second-order valence-corrected chi connectivity index (χ2v) is 7.36. The van der Waals surface area contributed by atoms with Gasteiger partial charge in [-0.25, -0.2) is 0 Å². The maximum atomic E-state index is 8.77. The van der Waals surface area contributed by atoms with E-state index in [1.54, 1.807) is 0 Å². The number of benzene rings is 2. The van der Waals surface area contributed by atoms with Crippen molar-refractivity contribution in [2.75, 3.05) is 5.32 Å². The highest BCUT2D eigenvalue weighted by atomic mass is 14.9. The Bertz CT molecular complexity index is 1220. The average molecular weight is 378 g/mol. The normalized spacial score (nSPS) is 10.7. The number of pyridine rings is 2. The molecule has 2 aromatic heterocycles. The van der Waals surface area contributed by atoms with Crippen LogP contribution < -0.4 is 5.32 Å². The fourth-order valence-corrected chi connectivity index (χ4v) is 3.59. The maximum Gasteiger partial charge on any atom is 0.0774 e. The Morgan fingerprint density at radius 2 is 1.69 bits per heavy atom. The van der Waals surface area contributed by atoms with Crippen LogP contribution in [-0.4, -0.2) is 9.97 Å². The lowest BCUT2D eigenvalue weighted by atomic mass is 10.0. The number of fused-ring (bicyclic) bond motifs is 1. The van der Waals surface area contributed by atoms with Crippen molar-refractivity contribution in [2.45, 2.75) is 27.2 Å². The zero-order valence-electron chi connectivity index (χ0n) is 16.8. The molecule has 0 radical (unpaired) electrons. The summed E-state index contributed by atoms with van der Waals surface area (Å²) in [7, 11) is 0. The van der Waals surface area contributed by atoms with Gasteiger partial charge in [-0.2, -0.15) is 5.26 Å². The van der Waals surface area contributed by atoms with Gasteiger partial charge in [-0.1, -0.05) is 29.8 Å². The molecular weight excluding hydrogens is 356 g/mol. The second kappa shape index (κ2) is 7.73. The van der Waals surface area contributed by atoms with E-state index in [-0.39, 0.29) is 0 Å². The second-order valence-electron chi connectivity index (χ2n) is 7.36. The van der Waals surface area contributed by atoms with E-state index in [1.165, 1.54) is 11.1 Å². The minimum absolute atomic E-state index is 0.335. The lowest BCUT2D eigenvalue weighted by molar-refractivity contribution is 1.12. The molecule has 4 aromatic rings. The first-order valence-corrected chi connectivity index (χ1v) is 9.61. The highest BCUT2D eigenvalue weighted by molar-refractivity contribution is 5.95. The van der Waals surface area contributed by atoms with Crippen LogP contribution >= 0.6 is 0 Å². The van der Waals surface area contributed by atoms with Gasteiger partial charge in [-0.15, -0.1) is 0 Å². The molecular formula is C25H22N4. The Morgan fingerprint density at radius 3 is 2.38 bits per heavy atom. The van der Waals surface area contributed by atoms with Gasteiger partial charge in [0.15, 0.2) is 0 Å². The SMILES string of the molecule is Cc1cc(C)c2nc(C)cc(Nc3ccc(-c4ccc(CC#N)nc4)cc3)c2c1. The van der Waals surface area contributed by atoms with Gasteiger partial charge < -0.3 is 5.32 Å². The summed E-state index contributed by atoms with van der Waals surface area (Å²) in [4.78, 5) is 9.08. The van der Waals surface area contributed by atoms with Crippen molar-refractivity contribution in [1.82, 2.24) is 9.97 Å². The number of hydrogen-bond acceptors (Lipinski definition) is 4. The van der Waals surface area contributed by atoms with Crippen molar-refractivity contribution in [3.63, 3.8) is 0 Å². The summed E-state index contributed by atoms with van der Waals surface area (Å²) in [6.07, 6.45) is 2.15. The van der Waals surface area contributed by atoms with Crippen LogP contribution in [0.5, 0.6) is 0 Å². The summed E-state index contributed by atoms with van der Waals surface area (Å²) in [5, 5.41) is 13.5. The summed E-state index contributed by atoms with van der Waals surface area (Å²) < 4.78 is 0. The smallest absolute Gasteiger partial charge is 0.0774 e. The Kier molecular flexibility index (Phi) is 4.97. The molecule has 0 aliphatic carbocycles. The molecule has 1 N–H and O–H groups in total. The molecule has 29 heavy (non-hydrogen) atoms. The van der Waals surface area contributed by atoms with Crippen molar-refractivity contribution >= 4 is 22.3 Å². The Balaban J connectivity index is 1.63. The molecule has 0 saturated carbocycles. The molecule has 4 nitrogen and oxygen atoms in total. The quantitative estimate of drug-likeness (QED) is 0.471. The lowest BCUT2D eigenvalue weighted by Gasteiger charge is -2.13. The third kappa shape index (κ3) is 3.95. The number of rotatable bonds is 4. The molecule has 0 spiro atoms. The van der Waals surface area contributed by atoms with E-state index in [4.69, 9.17) is 10.2 Å². The number of aromatic nitrogens is 2. The molecule has 2 aromatic carbocycles. The Morgan fingerprint density at radius 1 is 0.931 bits per heavy atom. The molecule has 0 aliphatic heterocycles. The van der Waals surface area contributed by atoms with Crippen LogP contribution in [0.3, 0.4) is 0 Å². The molecule has 0 aliphatic rings. The van der Waals surface area contributed by atoms with Gasteiger partial charge in [0.2, 0.25) is 0 Å². The van der Waals surface area contributed by atoms with Crippen molar-refractivity contribution in [3.05, 3.63) is 83.3 Å². The Hall–Kier alpha value is -3.71. The van der Waals surface area contributed by atoms with Gasteiger partial charge >= 0.3 is 0 Å². The summed E-state index contributed by atoms with van der Waals surface area (Å²) in [5.74, 6) is 0. The molecule has 0 bridgehead atoms. The Labute approximate surface area is 170 Å². The lowest BCUT2D eigenvalue weighted by Crippen LogP contribution is -1.96. The number of hydrogen-bond donors (Lipinski definition) is 1. The van der Waals surface area contributed by atoms with Crippen LogP contribution in [0, 0.1) is 32.1 Å². The van der Waals surface area contributed by atoms with Gasteiger partial charge in [0.25, 0.3) is 0 Å². The van der Waals surface area contributed by atoms with Crippen molar-refractivity contribution in [3.8, 4) is 17.2 Å². The minimum atomic E-state index is 0.335. The van der Waals surface area contributed by atoms with Crippen LogP contribution in [-0.2, 0) is 6.42 Å². The first-order chi connectivity index (χ1) is 14.0. The maximum absolute atomic E-state index is 8.77. The van der Waals surface area contributed by atoms with Crippen LogP contribution in [0.1, 0.15) is 22.5 Å². The third-order valence-electron chi connectivity index (χ3n) is 4.96. The summed E-state index contributed by atoms with van der Waals surface area (Å²) >= 11 is 0. The summed E-state index contributed by atoms with van der Waals surface area (Å²) in [6, 6.07) is 20.8. The van der Waals surface area contributed by atoms with E-state index in [0.717, 1.165) is 44.8 Å². The van der Waals surface area contributed by atoms with Crippen molar-refractivity contribution < 1.29 is 0 Å². The zero-order chi connectivity index (χ0) is 20.4. The van der Waals surface area contributed by atoms with E-state index >= 15 is 0 Å². The zero-order valence-corrected chi connectivity index (χ0v) is 16.8. The van der Waals surface area contributed by atoms with Gasteiger partial charge in [0.05, 0.1) is 23.7 Å². The van der Waals surface area contributed by atoms with E-state index < -0.39 is 0 Å². The van der Waals surface area contributed by atoms with Crippen LogP contribution in [0.25, 0.3) is 22.0 Å². The first-order valence-electron chi connectivity index (χ1n) is 9.61. The highest BCUT2D eigenvalue weighted by Gasteiger charge is 2.08. The molecule has 0 fully saturated rings. The monoisotopic (exact) mass is 378 g/mol. The predicted molar refractivity (Wildman–Crippen MR) is 118 cm³/mol. The van der Waals surface area contributed by atoms with Gasteiger partial charge in [-0.05, 0) is 62.2 Å². The average Bonchev–Trinajstić information content (AvgIpc) is 2.70. The number of nitrogens with one attached hydrogen (secondary N) is 1. The molecule has 0 amide bonds. The molecule has 2 heterocycles. The van der Waals surface area contributed by atoms with Crippen LogP contribution in [0.4, 0.5) is 11.4 Å². The fraction of sp³-hybridized carbons (Fsp3) is 0.160. The summed E-state index contributed by atoms with van der Waals surface area (Å²) in [6.45, 7) is 6.24. The number of anilines is 2. The van der Waals surface area contributed by atoms with Crippen LogP contribution in [0.15, 0.2) is 60.8 Å². The number of nitrogens with zero attached hydrogens (tertiary/aromatic N) is 3. The van der Waals surface area contributed by atoms with Crippen molar-refractivity contribution in [1.29, 1.82) is 5.26 Å². The summed E-state index contributed by atoms with van der Waals surface area (Å²) in [5.41, 5.74) is 9.46. The minimum Gasteiger partial charge on any atom is -0.355 e.